The van der Waals surface area contributed by atoms with Crippen LogP contribution in [0, 0.1) is 5.92 Å². The van der Waals surface area contributed by atoms with Crippen molar-refractivity contribution in [3.05, 3.63) is 48.0 Å². The van der Waals surface area contributed by atoms with E-state index in [0.717, 1.165) is 17.0 Å². The fourth-order valence-corrected chi connectivity index (χ4v) is 2.64. The molecule has 5 heteroatoms. The molecule has 2 rings (SSSR count). The summed E-state index contributed by atoms with van der Waals surface area (Å²) in [6.07, 6.45) is 0. The molecule has 0 saturated carbocycles. The number of hydrogen-bond donors (Lipinski definition) is 1. The Balaban J connectivity index is 2.36. The molecule has 0 aliphatic carbocycles. The van der Waals surface area contributed by atoms with Crippen LogP contribution < -0.4 is 19.5 Å². The maximum Gasteiger partial charge on any atom is 0.161 e. The number of methoxy groups -OCH3 is 3. The number of carbonyl (C=O) groups is 1. The molecule has 0 heterocycles. The zero-order chi connectivity index (χ0) is 18.4. The van der Waals surface area contributed by atoms with E-state index in [9.17, 15) is 4.79 Å². The van der Waals surface area contributed by atoms with Crippen LogP contribution in [0.5, 0.6) is 17.2 Å². The minimum Gasteiger partial charge on any atom is -0.497 e. The van der Waals surface area contributed by atoms with Gasteiger partial charge in [0.2, 0.25) is 0 Å². The summed E-state index contributed by atoms with van der Waals surface area (Å²) >= 11 is 0. The van der Waals surface area contributed by atoms with Crippen molar-refractivity contribution in [3.8, 4) is 17.2 Å². The molecule has 0 bridgehead atoms. The Morgan fingerprint density at radius 1 is 0.920 bits per heavy atom. The number of Topliss-reactive ketones (excluding diaryl/α,β-unsaturated/α-hetero) is 1. The lowest BCUT2D eigenvalue weighted by molar-refractivity contribution is -0.120. The van der Waals surface area contributed by atoms with Gasteiger partial charge in [-0.3, -0.25) is 4.79 Å². The standard InChI is InChI=1S/C20H25NO4/c1-13(14(2)22)20(21-16-7-9-17(23-3)10-8-16)15-6-11-18(24-4)19(12-15)25-5/h6-13,20-21H,1-5H3/t13-,20+/m1/s1. The van der Waals surface area contributed by atoms with E-state index in [2.05, 4.69) is 5.32 Å². The number of ether oxygens (including phenoxy) is 3. The molecule has 0 aliphatic heterocycles. The van der Waals surface area contributed by atoms with Crippen molar-refractivity contribution in [3.63, 3.8) is 0 Å². The number of benzene rings is 2. The van der Waals surface area contributed by atoms with Crippen molar-refractivity contribution in [2.24, 2.45) is 5.92 Å². The average molecular weight is 343 g/mol. The van der Waals surface area contributed by atoms with Crippen molar-refractivity contribution in [2.45, 2.75) is 19.9 Å². The van der Waals surface area contributed by atoms with E-state index < -0.39 is 0 Å². The van der Waals surface area contributed by atoms with Gasteiger partial charge in [-0.2, -0.15) is 0 Å². The second-order valence-electron chi connectivity index (χ2n) is 5.86. The first-order valence-electron chi connectivity index (χ1n) is 8.13. The van der Waals surface area contributed by atoms with Gasteiger partial charge >= 0.3 is 0 Å². The van der Waals surface area contributed by atoms with Crippen LogP contribution in [0.3, 0.4) is 0 Å². The van der Waals surface area contributed by atoms with Gasteiger partial charge in [0.25, 0.3) is 0 Å². The molecule has 0 saturated heterocycles. The molecule has 0 radical (unpaired) electrons. The van der Waals surface area contributed by atoms with Crippen LogP contribution in [-0.4, -0.2) is 27.1 Å². The van der Waals surface area contributed by atoms with Gasteiger partial charge in [0.1, 0.15) is 11.5 Å². The number of hydrogen-bond acceptors (Lipinski definition) is 5. The van der Waals surface area contributed by atoms with Gasteiger partial charge in [0, 0.05) is 11.6 Å². The Morgan fingerprint density at radius 2 is 1.56 bits per heavy atom. The SMILES string of the molecule is COc1ccc(N[C@H](c2ccc(OC)c(OC)c2)[C@H](C)C(C)=O)cc1. The normalized spacial score (nSPS) is 12.8. The molecule has 0 amide bonds. The summed E-state index contributed by atoms with van der Waals surface area (Å²) in [5.41, 5.74) is 1.87. The highest BCUT2D eigenvalue weighted by atomic mass is 16.5. The lowest BCUT2D eigenvalue weighted by Gasteiger charge is -2.26. The highest BCUT2D eigenvalue weighted by molar-refractivity contribution is 5.79. The number of anilines is 1. The van der Waals surface area contributed by atoms with Crippen LogP contribution >= 0.6 is 0 Å². The van der Waals surface area contributed by atoms with Gasteiger partial charge in [-0.1, -0.05) is 13.0 Å². The van der Waals surface area contributed by atoms with Crippen LogP contribution in [0.25, 0.3) is 0 Å². The van der Waals surface area contributed by atoms with Crippen molar-refractivity contribution in [2.75, 3.05) is 26.6 Å². The fraction of sp³-hybridized carbons (Fsp3) is 0.350. The first kappa shape index (κ1) is 18.6. The molecular formula is C20H25NO4. The summed E-state index contributed by atoms with van der Waals surface area (Å²) in [5.74, 6) is 1.98. The summed E-state index contributed by atoms with van der Waals surface area (Å²) in [6, 6.07) is 13.1. The van der Waals surface area contributed by atoms with E-state index in [-0.39, 0.29) is 17.7 Å². The highest BCUT2D eigenvalue weighted by Crippen LogP contribution is 2.34. The maximum atomic E-state index is 12.0. The Kier molecular flexibility index (Phi) is 6.28. The molecular weight excluding hydrogens is 318 g/mol. The topological polar surface area (TPSA) is 56.8 Å². The van der Waals surface area contributed by atoms with E-state index >= 15 is 0 Å². The summed E-state index contributed by atoms with van der Waals surface area (Å²) in [7, 11) is 4.83. The molecule has 134 valence electrons. The maximum absolute atomic E-state index is 12.0. The second-order valence-corrected chi connectivity index (χ2v) is 5.86. The molecule has 0 fully saturated rings. The quantitative estimate of drug-likeness (QED) is 0.782. The summed E-state index contributed by atoms with van der Waals surface area (Å²) in [4.78, 5) is 12.0. The molecule has 25 heavy (non-hydrogen) atoms. The van der Waals surface area contributed by atoms with E-state index in [1.165, 1.54) is 0 Å². The number of carbonyl (C=O) groups excluding carboxylic acids is 1. The first-order chi connectivity index (χ1) is 12.0. The van der Waals surface area contributed by atoms with E-state index in [4.69, 9.17) is 14.2 Å². The number of nitrogens with one attached hydrogen (secondary N) is 1. The third kappa shape index (κ3) is 4.44. The van der Waals surface area contributed by atoms with Crippen molar-refractivity contribution >= 4 is 11.5 Å². The third-order valence-corrected chi connectivity index (χ3v) is 4.32. The van der Waals surface area contributed by atoms with Gasteiger partial charge in [-0.05, 0) is 48.9 Å². The molecule has 0 aromatic heterocycles. The van der Waals surface area contributed by atoms with Crippen LogP contribution in [0.15, 0.2) is 42.5 Å². The molecule has 2 atom stereocenters. The van der Waals surface area contributed by atoms with Crippen molar-refractivity contribution in [1.82, 2.24) is 0 Å². The summed E-state index contributed by atoms with van der Waals surface area (Å²) < 4.78 is 15.9. The zero-order valence-corrected chi connectivity index (χ0v) is 15.3. The Labute approximate surface area is 148 Å². The number of rotatable bonds is 8. The van der Waals surface area contributed by atoms with Crippen LogP contribution in [0.1, 0.15) is 25.5 Å². The van der Waals surface area contributed by atoms with Crippen LogP contribution in [-0.2, 0) is 4.79 Å². The van der Waals surface area contributed by atoms with E-state index in [0.29, 0.717) is 11.5 Å². The van der Waals surface area contributed by atoms with Gasteiger partial charge in [-0.25, -0.2) is 0 Å². The van der Waals surface area contributed by atoms with Crippen LogP contribution in [0.4, 0.5) is 5.69 Å². The average Bonchev–Trinajstić information content (AvgIpc) is 2.65. The monoisotopic (exact) mass is 343 g/mol. The molecule has 0 aliphatic rings. The van der Waals surface area contributed by atoms with E-state index in [1.807, 2.05) is 49.4 Å². The van der Waals surface area contributed by atoms with Gasteiger partial charge in [0.05, 0.1) is 27.4 Å². The smallest absolute Gasteiger partial charge is 0.161 e. The van der Waals surface area contributed by atoms with Crippen molar-refractivity contribution in [1.29, 1.82) is 0 Å². The second kappa shape index (κ2) is 8.42. The van der Waals surface area contributed by atoms with Gasteiger partial charge in [0.15, 0.2) is 11.5 Å². The predicted octanol–water partition coefficient (Wildman–Crippen LogP) is 4.09. The Bertz CT molecular complexity index is 712. The molecule has 2 aromatic rings. The molecule has 2 aromatic carbocycles. The lowest BCUT2D eigenvalue weighted by atomic mass is 9.91. The minimum absolute atomic E-state index is 0.112. The van der Waals surface area contributed by atoms with Crippen LogP contribution in [0.2, 0.25) is 0 Å². The van der Waals surface area contributed by atoms with Crippen molar-refractivity contribution < 1.29 is 19.0 Å². The van der Waals surface area contributed by atoms with Gasteiger partial charge in [-0.15, -0.1) is 0 Å². The highest BCUT2D eigenvalue weighted by Gasteiger charge is 2.24. The first-order valence-corrected chi connectivity index (χ1v) is 8.13. The minimum atomic E-state index is -0.208. The largest absolute Gasteiger partial charge is 0.497 e. The Hall–Kier alpha value is -2.69. The molecule has 1 N–H and O–H groups in total. The fourth-order valence-electron chi connectivity index (χ4n) is 2.64. The summed E-state index contributed by atoms with van der Waals surface area (Å²) in [6.45, 7) is 3.52. The molecule has 0 spiro atoms. The predicted molar refractivity (Wildman–Crippen MR) is 98.7 cm³/mol. The van der Waals surface area contributed by atoms with E-state index in [1.54, 1.807) is 28.3 Å². The molecule has 0 unspecified atom stereocenters. The van der Waals surface area contributed by atoms with Gasteiger partial charge < -0.3 is 19.5 Å². The third-order valence-electron chi connectivity index (χ3n) is 4.32. The molecule has 5 nitrogen and oxygen atoms in total. The number of ketones is 1. The lowest BCUT2D eigenvalue weighted by Crippen LogP contribution is -2.24. The zero-order valence-electron chi connectivity index (χ0n) is 15.3. The summed E-state index contributed by atoms with van der Waals surface area (Å²) in [5, 5.41) is 3.44. The Morgan fingerprint density at radius 3 is 2.08 bits per heavy atom.